The molecule has 2 radical (unpaired) electrons. The molecule has 1 amide bonds. The number of nitrogens with one attached hydrogen (secondary N) is 4. The summed E-state index contributed by atoms with van der Waals surface area (Å²) in [5, 5.41) is 76.4. The first-order valence-corrected chi connectivity index (χ1v) is 57.1. The standard InChI is InChI=1S/C16H16IN7O.C16H15IN6O2.C10H5ClIN5.C10H6ClIN4O2.C10H8ClIN4.C6H3Cl2NO2.C6H6IN.C6H11NO2.C6H15N.3CH4.2ClH.H3N.Sn/c17-10-2-5-12(6-3-10)24-15-13(22-23-24)8-19-16(21-15)20-11-4-1-9(7-11)14(18)25;17-10-2-5-12(6-3-10)23-14-13(21-22-23)8-18-16(20-14)19-11-4-1-9(7-11)15(24)25;11-10-13-5-8-9(14-10)17(16-15-8)7-3-1-6(12)2-4-7;11-10-13-5-8(16(17)18)9(15-10)14-7-3-1-6(12)2-4-7;11-10-14-5-8(13)9(16-10)15-7-3-1-6(12)2-4-7;7-4-1-2-6(9(10)11)5(8)3-4;7-5-1-3-6(8)4-2-5;7-5-2-1-4(3-5)6(8)9;1-4-7(5-2)6-3;;;;;;;/h2-3,5-6,8-9,11H,1,4,7H2,(H2,18,25)(H,19,20,21);2-3,5-6,8-9,11H,1,4,7H2,(H,24,25)(H,18,19,20);1-5H;1-5H,(H,13,14,15);1-5H,13H2,(H,14,15,16);1-3H;1-4H,8H2;4-5H,1-3,7H2,(H,8,9);4-6H2,1-3H3;3*1H4;2*1H;1H3;/q;;;;;;;;;;;;;;;+2/p-2/t2*9-,11-;;;;;;4-,5-;;;;;;;;/m11.....1......../s1. The van der Waals surface area contributed by atoms with Crippen molar-refractivity contribution in [2.75, 3.05) is 52.4 Å². The second-order valence-corrected chi connectivity index (χ2v) is 43.1. The maximum absolute atomic E-state index is 11.3. The van der Waals surface area contributed by atoms with E-state index in [0.29, 0.717) is 93.3 Å². The van der Waals surface area contributed by atoms with Crippen LogP contribution in [0.15, 0.2) is 195 Å². The van der Waals surface area contributed by atoms with Gasteiger partial charge in [0.15, 0.2) is 39.3 Å². The maximum atomic E-state index is 11.3. The number of primary amides is 1. The summed E-state index contributed by atoms with van der Waals surface area (Å²) in [6.07, 6.45) is 14.1. The van der Waals surface area contributed by atoms with E-state index in [2.05, 4.69) is 263 Å². The summed E-state index contributed by atoms with van der Waals surface area (Å²) in [5.74, 6) is -0.622. The number of nitro benzene ring substituents is 1. The Hall–Kier alpha value is -8.76. The van der Waals surface area contributed by atoms with E-state index in [4.69, 9.17) is 109 Å². The van der Waals surface area contributed by atoms with Gasteiger partial charge in [-0.15, -0.1) is 15.3 Å². The first kappa shape index (κ1) is 125. The van der Waals surface area contributed by atoms with Crippen molar-refractivity contribution in [2.24, 2.45) is 29.2 Å². The van der Waals surface area contributed by atoms with Gasteiger partial charge in [-0.3, -0.25) is 34.6 Å². The van der Waals surface area contributed by atoms with E-state index in [1.54, 1.807) is 44.8 Å². The number of anilines is 8. The molecule has 6 atom stereocenters. The van der Waals surface area contributed by atoms with Crippen LogP contribution in [0, 0.1) is 59.4 Å². The zero-order valence-electron chi connectivity index (χ0n) is 73.9. The van der Waals surface area contributed by atoms with Crippen LogP contribution in [0.4, 0.5) is 57.7 Å². The van der Waals surface area contributed by atoms with E-state index in [-0.39, 0.29) is 108 Å². The van der Waals surface area contributed by atoms with E-state index >= 15 is 0 Å². The van der Waals surface area contributed by atoms with Gasteiger partial charge in [0.05, 0.1) is 69.2 Å². The second-order valence-electron chi connectivity index (χ2n) is 29.6. The fourth-order valence-corrected chi connectivity index (χ4v) is 16.1. The van der Waals surface area contributed by atoms with Crippen LogP contribution in [0.1, 0.15) is 101 Å². The third-order valence-electron chi connectivity index (χ3n) is 20.1. The van der Waals surface area contributed by atoms with Gasteiger partial charge in [0.1, 0.15) is 11.2 Å². The van der Waals surface area contributed by atoms with Crippen molar-refractivity contribution in [1.82, 2.24) is 106 Å². The minimum atomic E-state index is -0.826. The number of benzene rings is 7. The number of rotatable bonds is 19. The Kier molecular flexibility index (Phi) is 55.6. The van der Waals surface area contributed by atoms with Gasteiger partial charge >= 0.3 is 54.4 Å². The molecule has 7 aromatic carbocycles. The number of hydrogen-bond acceptors (Lipinski definition) is 32. The number of carbonyl (C=O) groups excluding carboxylic acids is 1. The van der Waals surface area contributed by atoms with Crippen molar-refractivity contribution in [2.45, 2.75) is 119 Å². The molecule has 40 nitrogen and oxygen atoms in total. The molecule has 3 saturated carbocycles. The van der Waals surface area contributed by atoms with Crippen molar-refractivity contribution >= 4 is 339 Å². The van der Waals surface area contributed by atoms with Crippen LogP contribution in [0.5, 0.6) is 0 Å². The first-order chi connectivity index (χ1) is 66.5. The van der Waals surface area contributed by atoms with Crippen molar-refractivity contribution in [1.29, 1.82) is 0 Å². The average Bonchev–Trinajstić information content (AvgIpc) is 1.67. The van der Waals surface area contributed by atoms with E-state index < -0.39 is 40.7 Å². The number of halogens is 13. The molecular formula is C89H100Cl7I6N31O9Sn. The van der Waals surface area contributed by atoms with Crippen LogP contribution in [0.2, 0.25) is 25.9 Å². The van der Waals surface area contributed by atoms with Gasteiger partial charge in [0.2, 0.25) is 39.5 Å². The Morgan fingerprint density at radius 1 is 0.462 bits per heavy atom. The summed E-state index contributed by atoms with van der Waals surface area (Å²) in [6.45, 7) is 10.1. The third kappa shape index (κ3) is 40.8. The van der Waals surface area contributed by atoms with Crippen LogP contribution in [-0.2, 0) is 14.4 Å². The van der Waals surface area contributed by atoms with Gasteiger partial charge in [-0.1, -0.05) is 81.9 Å². The predicted molar refractivity (Wildman–Crippen MR) is 619 cm³/mol. The number of amides is 1. The van der Waals surface area contributed by atoms with E-state index in [1.807, 2.05) is 133 Å². The number of hydrogen-bond donors (Lipinski definition) is 11. The molecule has 0 aliphatic heterocycles. The molecule has 3 aliphatic rings. The topological polar surface area (TPSA) is 589 Å². The monoisotopic (exact) mass is 2870 g/mol. The molecule has 8 heterocycles. The van der Waals surface area contributed by atoms with Crippen molar-refractivity contribution < 1.29 is 34.4 Å². The number of nitrogen functional groups attached to an aromatic ring is 2. The zero-order valence-corrected chi connectivity index (χ0v) is 95.0. The fourth-order valence-electron chi connectivity index (χ4n) is 13.0. The molecule has 0 bridgehead atoms. The minimum absolute atomic E-state index is 0. The van der Waals surface area contributed by atoms with Crippen LogP contribution in [0.25, 0.3) is 50.6 Å². The van der Waals surface area contributed by atoms with E-state index in [9.17, 15) is 34.6 Å². The quantitative estimate of drug-likeness (QED) is 0.00894. The Morgan fingerprint density at radius 2 is 0.804 bits per heavy atom. The molecule has 3 aliphatic carbocycles. The average molecular weight is 2880 g/mol. The number of aromatic nitrogens is 19. The van der Waals surface area contributed by atoms with Crippen LogP contribution < -0.4 is 50.4 Å². The molecule has 17 N–H and O–H groups in total. The molecule has 18 rings (SSSR count). The van der Waals surface area contributed by atoms with Gasteiger partial charge in [-0.2, -0.15) is 39.0 Å². The molecule has 0 saturated heterocycles. The summed E-state index contributed by atoms with van der Waals surface area (Å²) in [5.41, 5.74) is 30.9. The number of carboxylic acid groups (broad SMARTS) is 2. The second kappa shape index (κ2) is 63.7. The Labute approximate surface area is 948 Å². The van der Waals surface area contributed by atoms with Crippen LogP contribution in [-0.4, -0.2) is 194 Å². The number of nitrogens with zero attached hydrogens (tertiary/aromatic N) is 22. The van der Waals surface area contributed by atoms with Gasteiger partial charge in [0.25, 0.3) is 5.69 Å². The number of fused-ring (bicyclic) bond motifs is 3. The molecule has 760 valence electrons. The Bertz CT molecular complexity index is 6380. The van der Waals surface area contributed by atoms with Gasteiger partial charge in [-0.05, 0) is 405 Å². The summed E-state index contributed by atoms with van der Waals surface area (Å²) in [6, 6.07) is 51.1. The number of aliphatic carboxylic acids is 2. The summed E-state index contributed by atoms with van der Waals surface area (Å²) >= 11 is 40.7. The number of nitro groups is 2. The first-order valence-electron chi connectivity index (χ1n) is 41.5. The molecule has 3 fully saturated rings. The number of carbonyl (C=O) groups is 3. The Balaban J connectivity index is 0.000000289. The van der Waals surface area contributed by atoms with Gasteiger partial charge in [0, 0.05) is 73.6 Å². The normalized spacial score (nSPS) is 14.8. The molecule has 0 spiro atoms. The molecule has 8 aromatic heterocycles. The summed E-state index contributed by atoms with van der Waals surface area (Å²) in [7, 11) is 9.87. The SMILES string of the molecule is C.C.C.CCN(CC)CC.Clc1ncc2nnn(-c3ccc(I)cc3)c2n1.N.NC(=O)[C@@H]1CC[C@@H](Nc2ncc3nnn(-c4ccc(I)cc4)c3n2)C1.N[C@@H]1CC[C@@H](C(=O)O)C1.Nc1ccc(I)cc1.Nc1cnc(Cl)nc1Nc1ccc(I)cc1.O=C(O)[C@@H]1CC[C@@H](Nc2ncc3nnn(-c4ccc(I)cc4)c3n2)C1.O=[N+]([O-])c1ccc(Cl)cc1Cl.O=[N+]([O-])c1cnc(Cl)nc1Nc1ccc(I)cc1.[Cl][Sn][Cl]. The van der Waals surface area contributed by atoms with Gasteiger partial charge < -0.3 is 65.5 Å². The predicted octanol–water partition coefficient (Wildman–Crippen LogP) is 22.7. The summed E-state index contributed by atoms with van der Waals surface area (Å²) < 4.78 is 11.9. The molecular weight excluding hydrogens is 2780 g/mol. The number of nitrogens with two attached hydrogens (primary N) is 4. The Morgan fingerprint density at radius 3 is 1.15 bits per heavy atom. The molecule has 54 heteroatoms. The number of carboxylic acids is 2. The van der Waals surface area contributed by atoms with Crippen LogP contribution in [0.3, 0.4) is 0 Å². The van der Waals surface area contributed by atoms with E-state index in [0.717, 1.165) is 84.6 Å². The van der Waals surface area contributed by atoms with Gasteiger partial charge in [-0.25, -0.2) is 24.9 Å². The molecule has 0 unspecified atom stereocenters. The van der Waals surface area contributed by atoms with E-state index in [1.165, 1.54) is 47.6 Å². The fraction of sp³-hybridized carbons (Fsp3) is 0.270. The van der Waals surface area contributed by atoms with Crippen molar-refractivity contribution in [3.05, 3.63) is 262 Å². The third-order valence-corrected chi connectivity index (χ3v) is 25.5. The van der Waals surface area contributed by atoms with Crippen molar-refractivity contribution in [3.8, 4) is 17.1 Å². The molecule has 143 heavy (non-hydrogen) atoms. The summed E-state index contributed by atoms with van der Waals surface area (Å²) in [4.78, 5) is 95.8. The van der Waals surface area contributed by atoms with Crippen molar-refractivity contribution in [3.63, 3.8) is 0 Å². The zero-order chi connectivity index (χ0) is 101. The van der Waals surface area contributed by atoms with Crippen LogP contribution >= 0.6 is 211 Å². The molecule has 15 aromatic rings.